The maximum atomic E-state index is 9.35. The number of nitriles is 1. The van der Waals surface area contributed by atoms with E-state index in [1.165, 1.54) is 57.9 Å². The van der Waals surface area contributed by atoms with Gasteiger partial charge in [0.25, 0.3) is 0 Å². The van der Waals surface area contributed by atoms with Gasteiger partial charge in [-0.25, -0.2) is 0 Å². The van der Waals surface area contributed by atoms with Gasteiger partial charge in [0.15, 0.2) is 0 Å². The van der Waals surface area contributed by atoms with Crippen LogP contribution in [0, 0.1) is 11.3 Å². The summed E-state index contributed by atoms with van der Waals surface area (Å²) in [5, 5.41) is 12.8. The molecule has 2 aliphatic carbocycles. The Morgan fingerprint density at radius 2 is 1.85 bits per heavy atom. The number of unbranched alkanes of at least 4 members (excludes halogenated alkanes) is 1. The fourth-order valence-corrected chi connectivity index (χ4v) is 3.38. The van der Waals surface area contributed by atoms with Crippen LogP contribution in [0.2, 0.25) is 0 Å². The van der Waals surface area contributed by atoms with E-state index in [0.717, 1.165) is 18.9 Å². The van der Waals surface area contributed by atoms with Crippen molar-refractivity contribution in [3.8, 4) is 6.07 Å². The number of nitrogens with one attached hydrogen (secondary N) is 1. The summed E-state index contributed by atoms with van der Waals surface area (Å²) in [4.78, 5) is 2.55. The first kappa shape index (κ1) is 15.8. The Morgan fingerprint density at radius 1 is 1.15 bits per heavy atom. The van der Waals surface area contributed by atoms with Crippen molar-refractivity contribution in [1.82, 2.24) is 10.2 Å². The summed E-state index contributed by atoms with van der Waals surface area (Å²) in [5.41, 5.74) is -0.301. The van der Waals surface area contributed by atoms with Crippen LogP contribution in [0.4, 0.5) is 0 Å². The minimum absolute atomic E-state index is 0.301. The second kappa shape index (κ2) is 7.43. The van der Waals surface area contributed by atoms with Crippen LogP contribution in [0.1, 0.15) is 71.1 Å². The quantitative estimate of drug-likeness (QED) is 0.691. The van der Waals surface area contributed by atoms with Crippen molar-refractivity contribution >= 4 is 0 Å². The molecule has 2 aliphatic rings. The second-order valence-electron chi connectivity index (χ2n) is 7.09. The Hall–Kier alpha value is -0.590. The molecule has 114 valence electrons. The molecule has 0 amide bonds. The predicted molar refractivity (Wildman–Crippen MR) is 83.5 cm³/mol. The van der Waals surface area contributed by atoms with Crippen LogP contribution in [0.25, 0.3) is 0 Å². The van der Waals surface area contributed by atoms with Gasteiger partial charge in [0, 0.05) is 12.1 Å². The zero-order chi connectivity index (χ0) is 14.4. The van der Waals surface area contributed by atoms with Crippen LogP contribution < -0.4 is 5.32 Å². The highest BCUT2D eigenvalue weighted by Gasteiger charge is 2.31. The van der Waals surface area contributed by atoms with E-state index in [0.29, 0.717) is 6.04 Å². The predicted octanol–water partition coefficient (Wildman–Crippen LogP) is 3.46. The molecule has 1 N–H and O–H groups in total. The van der Waals surface area contributed by atoms with E-state index in [2.05, 4.69) is 30.3 Å². The molecule has 0 aliphatic heterocycles. The highest BCUT2D eigenvalue weighted by Crippen LogP contribution is 2.25. The topological polar surface area (TPSA) is 39.1 Å². The standard InChI is InChI=1S/C17H31N3/c1-17(14-18,19-15-10-11-15)12-6-7-13-20(2)16-8-4-3-5-9-16/h15-16,19H,3-13H2,1-2H3. The maximum Gasteiger partial charge on any atom is 0.104 e. The third-order valence-corrected chi connectivity index (χ3v) is 4.98. The third-order valence-electron chi connectivity index (χ3n) is 4.98. The Labute approximate surface area is 124 Å². The Morgan fingerprint density at radius 3 is 2.45 bits per heavy atom. The van der Waals surface area contributed by atoms with Crippen molar-refractivity contribution in [2.45, 2.75) is 88.8 Å². The Balaban J connectivity index is 1.60. The lowest BCUT2D eigenvalue weighted by Gasteiger charge is -2.31. The van der Waals surface area contributed by atoms with Crippen molar-refractivity contribution < 1.29 is 0 Å². The number of nitrogens with zero attached hydrogens (tertiary/aromatic N) is 2. The van der Waals surface area contributed by atoms with Gasteiger partial charge in [-0.1, -0.05) is 19.3 Å². The lowest BCUT2D eigenvalue weighted by molar-refractivity contribution is 0.187. The van der Waals surface area contributed by atoms with Gasteiger partial charge in [-0.3, -0.25) is 5.32 Å². The minimum atomic E-state index is -0.301. The molecule has 0 heterocycles. The molecule has 1 atom stereocenters. The molecule has 2 rings (SSSR count). The smallest absolute Gasteiger partial charge is 0.104 e. The summed E-state index contributed by atoms with van der Waals surface area (Å²) in [5.74, 6) is 0. The molecule has 2 fully saturated rings. The lowest BCUT2D eigenvalue weighted by atomic mass is 9.93. The molecule has 2 saturated carbocycles. The average Bonchev–Trinajstić information content (AvgIpc) is 3.28. The molecule has 0 radical (unpaired) electrons. The van der Waals surface area contributed by atoms with Gasteiger partial charge in [0.05, 0.1) is 6.07 Å². The molecule has 0 aromatic heterocycles. The van der Waals surface area contributed by atoms with E-state index < -0.39 is 0 Å². The zero-order valence-electron chi connectivity index (χ0n) is 13.3. The van der Waals surface area contributed by atoms with Gasteiger partial charge in [0.2, 0.25) is 0 Å². The monoisotopic (exact) mass is 277 g/mol. The fourth-order valence-electron chi connectivity index (χ4n) is 3.38. The molecule has 0 saturated heterocycles. The summed E-state index contributed by atoms with van der Waals surface area (Å²) >= 11 is 0. The van der Waals surface area contributed by atoms with Gasteiger partial charge in [-0.2, -0.15) is 5.26 Å². The van der Waals surface area contributed by atoms with Gasteiger partial charge < -0.3 is 4.90 Å². The van der Waals surface area contributed by atoms with E-state index in [-0.39, 0.29) is 5.54 Å². The van der Waals surface area contributed by atoms with Crippen molar-refractivity contribution in [2.75, 3.05) is 13.6 Å². The molecular formula is C17H31N3. The lowest BCUT2D eigenvalue weighted by Crippen LogP contribution is -2.42. The molecule has 3 nitrogen and oxygen atoms in total. The molecule has 20 heavy (non-hydrogen) atoms. The maximum absolute atomic E-state index is 9.35. The Bertz CT molecular complexity index is 326. The van der Waals surface area contributed by atoms with Crippen LogP contribution in [0.3, 0.4) is 0 Å². The summed E-state index contributed by atoms with van der Waals surface area (Å²) in [6, 6.07) is 3.91. The summed E-state index contributed by atoms with van der Waals surface area (Å²) in [6.07, 6.45) is 12.9. The first-order valence-corrected chi connectivity index (χ1v) is 8.52. The van der Waals surface area contributed by atoms with Crippen molar-refractivity contribution in [1.29, 1.82) is 5.26 Å². The van der Waals surface area contributed by atoms with E-state index in [4.69, 9.17) is 0 Å². The third kappa shape index (κ3) is 5.07. The van der Waals surface area contributed by atoms with Crippen molar-refractivity contribution in [2.24, 2.45) is 0 Å². The summed E-state index contributed by atoms with van der Waals surface area (Å²) in [7, 11) is 2.28. The molecule has 0 aromatic rings. The molecule has 0 aromatic carbocycles. The van der Waals surface area contributed by atoms with E-state index in [9.17, 15) is 5.26 Å². The van der Waals surface area contributed by atoms with E-state index in [1.54, 1.807) is 0 Å². The molecule has 1 unspecified atom stereocenters. The number of rotatable bonds is 8. The average molecular weight is 277 g/mol. The van der Waals surface area contributed by atoms with Crippen molar-refractivity contribution in [3.63, 3.8) is 0 Å². The highest BCUT2D eigenvalue weighted by molar-refractivity contribution is 5.06. The SMILES string of the molecule is CN(CCCCC(C)(C#N)NC1CC1)C1CCCCC1. The summed E-state index contributed by atoms with van der Waals surface area (Å²) < 4.78 is 0. The Kier molecular flexibility index (Phi) is 5.86. The fraction of sp³-hybridized carbons (Fsp3) is 0.941. The zero-order valence-corrected chi connectivity index (χ0v) is 13.3. The largest absolute Gasteiger partial charge is 0.303 e. The van der Waals surface area contributed by atoms with Crippen LogP contribution in [-0.2, 0) is 0 Å². The number of hydrogen-bond acceptors (Lipinski definition) is 3. The normalized spacial score (nSPS) is 23.5. The first-order chi connectivity index (χ1) is 9.63. The molecular weight excluding hydrogens is 246 g/mol. The molecule has 0 spiro atoms. The first-order valence-electron chi connectivity index (χ1n) is 8.52. The van der Waals surface area contributed by atoms with E-state index in [1.807, 2.05) is 0 Å². The number of hydrogen-bond donors (Lipinski definition) is 1. The summed E-state index contributed by atoms with van der Waals surface area (Å²) in [6.45, 7) is 3.26. The van der Waals surface area contributed by atoms with Crippen LogP contribution >= 0.6 is 0 Å². The molecule has 0 bridgehead atoms. The van der Waals surface area contributed by atoms with Crippen LogP contribution in [0.5, 0.6) is 0 Å². The van der Waals surface area contributed by atoms with Gasteiger partial charge >= 0.3 is 0 Å². The van der Waals surface area contributed by atoms with Crippen molar-refractivity contribution in [3.05, 3.63) is 0 Å². The minimum Gasteiger partial charge on any atom is -0.303 e. The highest BCUT2D eigenvalue weighted by atomic mass is 15.1. The van der Waals surface area contributed by atoms with Crippen LogP contribution in [-0.4, -0.2) is 36.1 Å². The van der Waals surface area contributed by atoms with Gasteiger partial charge in [-0.05, 0) is 65.5 Å². The van der Waals surface area contributed by atoms with Gasteiger partial charge in [-0.15, -0.1) is 0 Å². The van der Waals surface area contributed by atoms with E-state index >= 15 is 0 Å². The van der Waals surface area contributed by atoms with Gasteiger partial charge in [0.1, 0.15) is 5.54 Å². The molecule has 3 heteroatoms. The van der Waals surface area contributed by atoms with Crippen LogP contribution in [0.15, 0.2) is 0 Å². The second-order valence-corrected chi connectivity index (χ2v) is 7.09.